The minimum Gasteiger partial charge on any atom is -0.368 e. The molecule has 0 N–H and O–H groups in total. The fraction of sp³-hybridized carbons (Fsp3) is 0.185. The van der Waals surface area contributed by atoms with Gasteiger partial charge in [0, 0.05) is 42.8 Å². The molecule has 0 bridgehead atoms. The number of pyridine rings is 1. The van der Waals surface area contributed by atoms with Crippen molar-refractivity contribution in [3.63, 3.8) is 0 Å². The molecule has 1 amide bonds. The largest absolute Gasteiger partial charge is 0.368 e. The Bertz CT molecular complexity index is 1280. The van der Waals surface area contributed by atoms with Gasteiger partial charge in [-0.1, -0.05) is 42.0 Å². The van der Waals surface area contributed by atoms with Crippen molar-refractivity contribution in [2.45, 2.75) is 6.92 Å². The third-order valence-electron chi connectivity index (χ3n) is 6.02. The number of anilines is 1. The molecule has 0 spiro atoms. The molecule has 3 aromatic carbocycles. The summed E-state index contributed by atoms with van der Waals surface area (Å²) in [6, 6.07) is 24.4. The van der Waals surface area contributed by atoms with Crippen molar-refractivity contribution in [2.24, 2.45) is 0 Å². The molecule has 160 valence electrons. The monoisotopic (exact) mass is 425 g/mol. The number of carbonyl (C=O) groups excluding carboxylic acids is 1. The highest BCUT2D eigenvalue weighted by Gasteiger charge is 2.24. The first-order valence-electron chi connectivity index (χ1n) is 10.8. The van der Waals surface area contributed by atoms with Crippen LogP contribution in [0.1, 0.15) is 15.9 Å². The van der Waals surface area contributed by atoms with E-state index in [0.717, 1.165) is 33.4 Å². The smallest absolute Gasteiger partial charge is 0.254 e. The summed E-state index contributed by atoms with van der Waals surface area (Å²) in [6.07, 6.45) is 0. The van der Waals surface area contributed by atoms with E-state index < -0.39 is 0 Å². The maximum Gasteiger partial charge on any atom is 0.254 e. The third kappa shape index (κ3) is 3.94. The van der Waals surface area contributed by atoms with Crippen molar-refractivity contribution in [2.75, 3.05) is 31.1 Å². The topological polar surface area (TPSA) is 36.4 Å². The lowest BCUT2D eigenvalue weighted by Gasteiger charge is -2.36. The van der Waals surface area contributed by atoms with E-state index in [1.807, 2.05) is 47.4 Å². The number of fused-ring (bicyclic) bond motifs is 1. The molecule has 1 fully saturated rings. The molecule has 32 heavy (non-hydrogen) atoms. The van der Waals surface area contributed by atoms with E-state index in [1.165, 1.54) is 12.1 Å². The van der Waals surface area contributed by atoms with Crippen LogP contribution in [0.15, 0.2) is 78.9 Å². The lowest BCUT2D eigenvalue weighted by molar-refractivity contribution is 0.0748. The summed E-state index contributed by atoms with van der Waals surface area (Å²) in [4.78, 5) is 22.5. The van der Waals surface area contributed by atoms with Crippen molar-refractivity contribution in [3.05, 3.63) is 95.8 Å². The van der Waals surface area contributed by atoms with Gasteiger partial charge in [0.1, 0.15) is 5.82 Å². The van der Waals surface area contributed by atoms with Crippen LogP contribution in [0.2, 0.25) is 0 Å². The number of rotatable bonds is 3. The van der Waals surface area contributed by atoms with E-state index >= 15 is 0 Å². The predicted molar refractivity (Wildman–Crippen MR) is 126 cm³/mol. The average molecular weight is 426 g/mol. The summed E-state index contributed by atoms with van der Waals surface area (Å²) in [5.41, 5.74) is 5.45. The first kappa shape index (κ1) is 20.2. The Morgan fingerprint density at radius 2 is 1.62 bits per heavy atom. The number of aromatic nitrogens is 1. The summed E-state index contributed by atoms with van der Waals surface area (Å²) in [6.45, 7) is 4.72. The van der Waals surface area contributed by atoms with Crippen LogP contribution in [-0.4, -0.2) is 42.0 Å². The average Bonchev–Trinajstić information content (AvgIpc) is 2.83. The van der Waals surface area contributed by atoms with Crippen molar-refractivity contribution in [1.82, 2.24) is 9.88 Å². The highest BCUT2D eigenvalue weighted by molar-refractivity contribution is 6.07. The summed E-state index contributed by atoms with van der Waals surface area (Å²) in [5.74, 6) is -0.215. The number of piperazine rings is 1. The van der Waals surface area contributed by atoms with Crippen LogP contribution in [0.5, 0.6) is 0 Å². The Morgan fingerprint density at radius 1 is 0.875 bits per heavy atom. The molecule has 5 rings (SSSR count). The highest BCUT2D eigenvalue weighted by Crippen LogP contribution is 2.27. The van der Waals surface area contributed by atoms with Gasteiger partial charge in [-0.05, 0) is 49.4 Å². The fourth-order valence-corrected chi connectivity index (χ4v) is 4.29. The molecule has 0 saturated carbocycles. The molecule has 1 aliphatic rings. The molecule has 4 aromatic rings. The van der Waals surface area contributed by atoms with Gasteiger partial charge in [0.05, 0.1) is 16.8 Å². The number of hydrogen-bond donors (Lipinski definition) is 0. The number of benzene rings is 3. The molecule has 2 heterocycles. The minimum absolute atomic E-state index is 0.0243. The highest BCUT2D eigenvalue weighted by atomic mass is 19.1. The molecule has 0 unspecified atom stereocenters. The standard InChI is InChI=1S/C27H24FN3O/c1-19-5-4-6-20(17-19)26-18-24(23-7-2-3-8-25(23)29-26)27(32)31-15-13-30(14-16-31)22-11-9-21(28)10-12-22/h2-12,17-18H,13-16H2,1H3. The van der Waals surface area contributed by atoms with Crippen molar-refractivity contribution in [3.8, 4) is 11.3 Å². The van der Waals surface area contributed by atoms with Crippen LogP contribution in [-0.2, 0) is 0 Å². The van der Waals surface area contributed by atoms with Gasteiger partial charge in [0.25, 0.3) is 5.91 Å². The predicted octanol–water partition coefficient (Wildman–Crippen LogP) is 5.31. The second-order valence-corrected chi connectivity index (χ2v) is 8.20. The SMILES string of the molecule is Cc1cccc(-c2cc(C(=O)N3CCN(c4ccc(F)cc4)CC3)c3ccccc3n2)c1. The number of halogens is 1. The van der Waals surface area contributed by atoms with E-state index in [9.17, 15) is 9.18 Å². The lowest BCUT2D eigenvalue weighted by Crippen LogP contribution is -2.48. The number of aryl methyl sites for hydroxylation is 1. The Kier molecular flexibility index (Phi) is 5.31. The molecule has 5 heteroatoms. The van der Waals surface area contributed by atoms with Gasteiger partial charge in [-0.2, -0.15) is 0 Å². The van der Waals surface area contributed by atoms with E-state index in [-0.39, 0.29) is 11.7 Å². The third-order valence-corrected chi connectivity index (χ3v) is 6.02. The van der Waals surface area contributed by atoms with E-state index in [2.05, 4.69) is 24.0 Å². The second-order valence-electron chi connectivity index (χ2n) is 8.20. The Morgan fingerprint density at radius 3 is 2.38 bits per heavy atom. The Labute approximate surface area is 186 Å². The minimum atomic E-state index is -0.239. The zero-order valence-electron chi connectivity index (χ0n) is 18.0. The second kappa shape index (κ2) is 8.42. The summed E-state index contributed by atoms with van der Waals surface area (Å²) in [7, 11) is 0. The van der Waals surface area contributed by atoms with Crippen molar-refractivity contribution < 1.29 is 9.18 Å². The summed E-state index contributed by atoms with van der Waals surface area (Å²) in [5, 5.41) is 0.870. The normalized spacial score (nSPS) is 14.1. The molecule has 1 aromatic heterocycles. The van der Waals surface area contributed by atoms with E-state index in [4.69, 9.17) is 4.98 Å². The Balaban J connectivity index is 1.44. The Hall–Kier alpha value is -3.73. The first-order chi connectivity index (χ1) is 15.6. The molecular weight excluding hydrogens is 401 g/mol. The fourth-order valence-electron chi connectivity index (χ4n) is 4.29. The molecule has 4 nitrogen and oxygen atoms in total. The van der Waals surface area contributed by atoms with E-state index in [1.54, 1.807) is 12.1 Å². The van der Waals surface area contributed by atoms with E-state index in [0.29, 0.717) is 31.7 Å². The maximum absolute atomic E-state index is 13.6. The van der Waals surface area contributed by atoms with Gasteiger partial charge in [-0.15, -0.1) is 0 Å². The molecular formula is C27H24FN3O. The van der Waals surface area contributed by atoms with Crippen LogP contribution in [0, 0.1) is 12.7 Å². The first-order valence-corrected chi connectivity index (χ1v) is 10.8. The van der Waals surface area contributed by atoms with Crippen LogP contribution in [0.3, 0.4) is 0 Å². The zero-order valence-corrected chi connectivity index (χ0v) is 18.0. The van der Waals surface area contributed by atoms with Crippen LogP contribution in [0.25, 0.3) is 22.2 Å². The number of hydrogen-bond acceptors (Lipinski definition) is 3. The van der Waals surface area contributed by atoms with Gasteiger partial charge in [0.15, 0.2) is 0 Å². The number of nitrogens with zero attached hydrogens (tertiary/aromatic N) is 3. The van der Waals surface area contributed by atoms with Gasteiger partial charge < -0.3 is 9.80 Å². The summed E-state index contributed by atoms with van der Waals surface area (Å²) >= 11 is 0. The quantitative estimate of drug-likeness (QED) is 0.446. The van der Waals surface area contributed by atoms with Crippen LogP contribution < -0.4 is 4.90 Å². The molecule has 0 atom stereocenters. The van der Waals surface area contributed by atoms with Gasteiger partial charge in [-0.25, -0.2) is 9.37 Å². The van der Waals surface area contributed by atoms with Gasteiger partial charge in [0.2, 0.25) is 0 Å². The molecule has 0 aliphatic carbocycles. The zero-order chi connectivity index (χ0) is 22.1. The van der Waals surface area contributed by atoms with Crippen LogP contribution >= 0.6 is 0 Å². The molecule has 0 radical (unpaired) electrons. The van der Waals surface area contributed by atoms with Crippen molar-refractivity contribution in [1.29, 1.82) is 0 Å². The van der Waals surface area contributed by atoms with Gasteiger partial charge >= 0.3 is 0 Å². The van der Waals surface area contributed by atoms with Crippen molar-refractivity contribution >= 4 is 22.5 Å². The lowest BCUT2D eigenvalue weighted by atomic mass is 10.0. The maximum atomic E-state index is 13.6. The molecule has 1 saturated heterocycles. The number of amides is 1. The number of carbonyl (C=O) groups is 1. The number of para-hydroxylation sites is 1. The van der Waals surface area contributed by atoms with Gasteiger partial charge in [-0.3, -0.25) is 4.79 Å². The van der Waals surface area contributed by atoms with Crippen LogP contribution in [0.4, 0.5) is 10.1 Å². The molecule has 1 aliphatic heterocycles. The summed E-state index contributed by atoms with van der Waals surface area (Å²) < 4.78 is 13.2.